The number of amides is 1. The standard InChI is InChI=1S/C23H23ClN6O2/c1-15-26-27-21-17-9-8-16(24)14-19(17)25-23(30(15)21)29-11-5-10-28(12-13-29)22(31)18-6-3-4-7-20(18)32-2/h3-4,6-9,14H,5,10-13H2,1-2H3. The lowest BCUT2D eigenvalue weighted by molar-refractivity contribution is 0.0763. The Morgan fingerprint density at radius 1 is 1.06 bits per heavy atom. The van der Waals surface area contributed by atoms with Gasteiger partial charge in [0.2, 0.25) is 5.95 Å². The van der Waals surface area contributed by atoms with Crippen LogP contribution in [0.4, 0.5) is 5.95 Å². The van der Waals surface area contributed by atoms with Crippen molar-refractivity contribution >= 4 is 40.0 Å². The summed E-state index contributed by atoms with van der Waals surface area (Å²) >= 11 is 6.23. The van der Waals surface area contributed by atoms with E-state index in [1.54, 1.807) is 7.11 Å². The molecule has 1 fully saturated rings. The van der Waals surface area contributed by atoms with Crippen molar-refractivity contribution in [3.63, 3.8) is 0 Å². The molecule has 0 saturated carbocycles. The number of nitrogens with zero attached hydrogens (tertiary/aromatic N) is 6. The Kier molecular flexibility index (Phi) is 5.30. The topological polar surface area (TPSA) is 75.9 Å². The summed E-state index contributed by atoms with van der Waals surface area (Å²) < 4.78 is 7.37. The van der Waals surface area contributed by atoms with Crippen molar-refractivity contribution in [1.29, 1.82) is 0 Å². The average Bonchev–Trinajstić information content (AvgIpc) is 3.04. The van der Waals surface area contributed by atoms with Crippen LogP contribution in [-0.4, -0.2) is 63.7 Å². The Hall–Kier alpha value is -3.39. The summed E-state index contributed by atoms with van der Waals surface area (Å²) in [6.07, 6.45) is 0.818. The van der Waals surface area contributed by atoms with E-state index in [1.807, 2.05) is 58.7 Å². The number of rotatable bonds is 3. The molecule has 1 amide bonds. The second-order valence-electron chi connectivity index (χ2n) is 7.81. The van der Waals surface area contributed by atoms with Gasteiger partial charge in [-0.1, -0.05) is 23.7 Å². The molecule has 3 heterocycles. The summed E-state index contributed by atoms with van der Waals surface area (Å²) in [6.45, 7) is 4.57. The van der Waals surface area contributed by atoms with E-state index >= 15 is 0 Å². The van der Waals surface area contributed by atoms with Gasteiger partial charge in [-0.05, 0) is 43.7 Å². The van der Waals surface area contributed by atoms with Crippen molar-refractivity contribution < 1.29 is 9.53 Å². The molecule has 0 unspecified atom stereocenters. The number of carbonyl (C=O) groups is 1. The van der Waals surface area contributed by atoms with E-state index in [4.69, 9.17) is 21.3 Å². The fraction of sp³-hybridized carbons (Fsp3) is 0.304. The minimum atomic E-state index is -0.0202. The predicted octanol–water partition coefficient (Wildman–Crippen LogP) is 3.60. The second-order valence-corrected chi connectivity index (χ2v) is 8.25. The van der Waals surface area contributed by atoms with Gasteiger partial charge in [0.1, 0.15) is 11.6 Å². The molecule has 32 heavy (non-hydrogen) atoms. The first kappa shape index (κ1) is 20.5. The van der Waals surface area contributed by atoms with Crippen LogP contribution in [0.25, 0.3) is 16.6 Å². The molecule has 0 spiro atoms. The first-order chi connectivity index (χ1) is 15.6. The number of aromatic nitrogens is 4. The van der Waals surface area contributed by atoms with E-state index in [-0.39, 0.29) is 5.91 Å². The minimum Gasteiger partial charge on any atom is -0.496 e. The molecule has 8 nitrogen and oxygen atoms in total. The molecule has 5 rings (SSSR count). The monoisotopic (exact) mass is 450 g/mol. The maximum absolute atomic E-state index is 13.2. The molecule has 2 aromatic heterocycles. The number of hydrogen-bond acceptors (Lipinski definition) is 6. The van der Waals surface area contributed by atoms with Crippen molar-refractivity contribution in [3.05, 3.63) is 58.9 Å². The highest BCUT2D eigenvalue weighted by molar-refractivity contribution is 6.31. The quantitative estimate of drug-likeness (QED) is 0.474. The summed E-state index contributed by atoms with van der Waals surface area (Å²) in [6, 6.07) is 12.9. The lowest BCUT2D eigenvalue weighted by Crippen LogP contribution is -2.36. The van der Waals surface area contributed by atoms with Crippen molar-refractivity contribution in [3.8, 4) is 5.75 Å². The van der Waals surface area contributed by atoms with Crippen LogP contribution in [0.3, 0.4) is 0 Å². The zero-order chi connectivity index (χ0) is 22.2. The molecule has 9 heteroatoms. The average molecular weight is 451 g/mol. The van der Waals surface area contributed by atoms with Crippen LogP contribution in [0.1, 0.15) is 22.6 Å². The molecule has 1 saturated heterocycles. The van der Waals surface area contributed by atoms with Crippen molar-refractivity contribution in [1.82, 2.24) is 24.5 Å². The van der Waals surface area contributed by atoms with E-state index in [2.05, 4.69) is 15.1 Å². The van der Waals surface area contributed by atoms with E-state index in [1.165, 1.54) is 0 Å². The normalized spacial score (nSPS) is 14.7. The van der Waals surface area contributed by atoms with Gasteiger partial charge in [0.25, 0.3) is 5.91 Å². The van der Waals surface area contributed by atoms with Crippen LogP contribution in [0.2, 0.25) is 5.02 Å². The molecule has 0 aliphatic carbocycles. The van der Waals surface area contributed by atoms with Crippen LogP contribution >= 0.6 is 11.6 Å². The van der Waals surface area contributed by atoms with Gasteiger partial charge in [0.05, 0.1) is 18.2 Å². The third-order valence-electron chi connectivity index (χ3n) is 5.85. The number of para-hydroxylation sites is 1. The van der Waals surface area contributed by atoms with Gasteiger partial charge in [-0.25, -0.2) is 9.38 Å². The van der Waals surface area contributed by atoms with Crippen molar-refractivity contribution in [2.24, 2.45) is 0 Å². The first-order valence-corrected chi connectivity index (χ1v) is 10.9. The second kappa shape index (κ2) is 8.27. The number of aryl methyl sites for hydroxylation is 1. The summed E-state index contributed by atoms with van der Waals surface area (Å²) in [4.78, 5) is 22.2. The molecule has 2 aromatic carbocycles. The van der Waals surface area contributed by atoms with Gasteiger partial charge >= 0.3 is 0 Å². The maximum atomic E-state index is 13.2. The molecule has 0 bridgehead atoms. The molecular formula is C23H23ClN6O2. The zero-order valence-electron chi connectivity index (χ0n) is 18.0. The highest BCUT2D eigenvalue weighted by atomic mass is 35.5. The molecule has 4 aromatic rings. The number of anilines is 1. The van der Waals surface area contributed by atoms with Crippen LogP contribution in [0.5, 0.6) is 5.75 Å². The molecule has 0 radical (unpaired) electrons. The van der Waals surface area contributed by atoms with Crippen LogP contribution in [-0.2, 0) is 0 Å². The SMILES string of the molecule is COc1ccccc1C(=O)N1CCCN(c2nc3cc(Cl)ccc3c3nnc(C)n23)CC1. The van der Waals surface area contributed by atoms with Crippen LogP contribution in [0, 0.1) is 6.92 Å². The number of hydrogen-bond donors (Lipinski definition) is 0. The Morgan fingerprint density at radius 3 is 2.75 bits per heavy atom. The number of benzene rings is 2. The van der Waals surface area contributed by atoms with E-state index in [0.29, 0.717) is 36.0 Å². The van der Waals surface area contributed by atoms with Gasteiger partial charge in [0, 0.05) is 36.6 Å². The Balaban J connectivity index is 1.48. The van der Waals surface area contributed by atoms with E-state index in [0.717, 1.165) is 41.3 Å². The van der Waals surface area contributed by atoms with Crippen molar-refractivity contribution in [2.45, 2.75) is 13.3 Å². The molecular weight excluding hydrogens is 428 g/mol. The van der Waals surface area contributed by atoms with Gasteiger partial charge in [-0.3, -0.25) is 4.79 Å². The Bertz CT molecular complexity index is 1320. The lowest BCUT2D eigenvalue weighted by atomic mass is 10.1. The molecule has 0 atom stereocenters. The summed E-state index contributed by atoms with van der Waals surface area (Å²) in [5.74, 6) is 2.11. The van der Waals surface area contributed by atoms with Gasteiger partial charge in [0.15, 0.2) is 5.65 Å². The molecule has 1 aliphatic rings. The van der Waals surface area contributed by atoms with Gasteiger partial charge in [-0.2, -0.15) is 0 Å². The molecule has 164 valence electrons. The van der Waals surface area contributed by atoms with Crippen LogP contribution in [0.15, 0.2) is 42.5 Å². The fourth-order valence-corrected chi connectivity index (χ4v) is 4.41. The maximum Gasteiger partial charge on any atom is 0.257 e. The molecule has 1 aliphatic heterocycles. The lowest BCUT2D eigenvalue weighted by Gasteiger charge is -2.24. The Labute approximate surface area is 190 Å². The summed E-state index contributed by atoms with van der Waals surface area (Å²) in [5.41, 5.74) is 2.11. The highest BCUT2D eigenvalue weighted by Crippen LogP contribution is 2.27. The zero-order valence-corrected chi connectivity index (χ0v) is 18.7. The third-order valence-corrected chi connectivity index (χ3v) is 6.08. The van der Waals surface area contributed by atoms with Gasteiger partial charge in [-0.15, -0.1) is 10.2 Å². The number of carbonyl (C=O) groups excluding carboxylic acids is 1. The minimum absolute atomic E-state index is 0.0202. The largest absolute Gasteiger partial charge is 0.496 e. The fourth-order valence-electron chi connectivity index (χ4n) is 4.24. The molecule has 0 N–H and O–H groups in total. The highest BCUT2D eigenvalue weighted by Gasteiger charge is 2.25. The van der Waals surface area contributed by atoms with E-state index < -0.39 is 0 Å². The summed E-state index contributed by atoms with van der Waals surface area (Å²) in [5, 5.41) is 10.2. The first-order valence-electron chi connectivity index (χ1n) is 10.5. The van der Waals surface area contributed by atoms with Crippen molar-refractivity contribution in [2.75, 3.05) is 38.2 Å². The van der Waals surface area contributed by atoms with Gasteiger partial charge < -0.3 is 14.5 Å². The predicted molar refractivity (Wildman–Crippen MR) is 124 cm³/mol. The Morgan fingerprint density at radius 2 is 1.91 bits per heavy atom. The van der Waals surface area contributed by atoms with Crippen LogP contribution < -0.4 is 9.64 Å². The number of methoxy groups -OCH3 is 1. The third kappa shape index (κ3) is 3.50. The number of fused-ring (bicyclic) bond motifs is 3. The smallest absolute Gasteiger partial charge is 0.257 e. The van der Waals surface area contributed by atoms with E-state index in [9.17, 15) is 4.79 Å². The number of halogens is 1. The summed E-state index contributed by atoms with van der Waals surface area (Å²) in [7, 11) is 1.58. The number of ether oxygens (including phenoxy) is 1.